The highest BCUT2D eigenvalue weighted by atomic mass is 16.5. The molecule has 0 radical (unpaired) electrons. The maximum absolute atomic E-state index is 12.8. The van der Waals surface area contributed by atoms with E-state index in [0.29, 0.717) is 12.2 Å². The lowest BCUT2D eigenvalue weighted by Crippen LogP contribution is -2.49. The molecule has 2 heterocycles. The third-order valence-electron chi connectivity index (χ3n) is 5.73. The molecule has 1 spiro atoms. The summed E-state index contributed by atoms with van der Waals surface area (Å²) < 4.78 is 6.27. The first kappa shape index (κ1) is 17.2. The van der Waals surface area contributed by atoms with Crippen molar-refractivity contribution in [2.75, 3.05) is 19.7 Å². The number of pyridine rings is 1. The van der Waals surface area contributed by atoms with Gasteiger partial charge in [0, 0.05) is 24.4 Å². The molecule has 1 fully saturated rings. The van der Waals surface area contributed by atoms with E-state index in [-0.39, 0.29) is 23.5 Å². The number of benzene rings is 1. The Morgan fingerprint density at radius 2 is 2.08 bits per heavy atom. The Hall–Kier alpha value is -2.24. The molecule has 5 heteroatoms. The number of ether oxygens (including phenoxy) is 1. The first-order valence-electron chi connectivity index (χ1n) is 9.39. The van der Waals surface area contributed by atoms with E-state index in [0.717, 1.165) is 25.9 Å². The molecule has 2 aromatic rings. The Bertz CT molecular complexity index is 772. The van der Waals surface area contributed by atoms with Gasteiger partial charge in [-0.1, -0.05) is 24.3 Å². The molecule has 1 aromatic heterocycles. The average Bonchev–Trinajstić information content (AvgIpc) is 2.93. The van der Waals surface area contributed by atoms with Crippen LogP contribution in [0, 0.1) is 0 Å². The lowest BCUT2D eigenvalue weighted by Gasteiger charge is -2.41. The summed E-state index contributed by atoms with van der Waals surface area (Å²) in [6.07, 6.45) is 5.27. The summed E-state index contributed by atoms with van der Waals surface area (Å²) in [6.45, 7) is 4.60. The largest absolute Gasteiger partial charge is 0.375 e. The smallest absolute Gasteiger partial charge is 0.253 e. The Morgan fingerprint density at radius 1 is 1.27 bits per heavy atom. The Labute approximate surface area is 154 Å². The van der Waals surface area contributed by atoms with Crippen LogP contribution in [0.25, 0.3) is 0 Å². The van der Waals surface area contributed by atoms with E-state index in [9.17, 15) is 4.79 Å². The fourth-order valence-corrected chi connectivity index (χ4v) is 4.59. The zero-order valence-corrected chi connectivity index (χ0v) is 15.1. The molecule has 26 heavy (non-hydrogen) atoms. The van der Waals surface area contributed by atoms with Crippen LogP contribution in [0.4, 0.5) is 0 Å². The van der Waals surface area contributed by atoms with Crippen molar-refractivity contribution in [2.24, 2.45) is 0 Å². The van der Waals surface area contributed by atoms with Crippen molar-refractivity contribution in [3.8, 4) is 0 Å². The third kappa shape index (κ3) is 2.81. The minimum atomic E-state index is -0.142. The van der Waals surface area contributed by atoms with Crippen molar-refractivity contribution in [3.63, 3.8) is 0 Å². The van der Waals surface area contributed by atoms with Crippen molar-refractivity contribution in [1.82, 2.24) is 15.6 Å². The maximum Gasteiger partial charge on any atom is 0.253 e. The van der Waals surface area contributed by atoms with Gasteiger partial charge in [-0.25, -0.2) is 0 Å². The number of rotatable bonds is 4. The number of nitrogens with one attached hydrogen (secondary N) is 2. The molecule has 1 amide bonds. The zero-order valence-electron chi connectivity index (χ0n) is 15.1. The standard InChI is InChI=1S/C21H25N3O2/c1-2-26-19-18(24-20(25)15-6-5-11-23-14-15)16-7-3-4-8-17(16)21(19)9-12-22-13-10-21/h3-8,11,14,18-19,22H,2,9-10,12-13H2,1H3,(H,24,25)/t18-,19+/m0/s1. The van der Waals surface area contributed by atoms with Gasteiger partial charge in [-0.05, 0) is 56.1 Å². The molecule has 1 aliphatic heterocycles. The molecule has 136 valence electrons. The lowest BCUT2D eigenvalue weighted by molar-refractivity contribution is -0.0208. The van der Waals surface area contributed by atoms with E-state index in [2.05, 4.69) is 33.8 Å². The number of piperidine rings is 1. The van der Waals surface area contributed by atoms with Crippen LogP contribution in [0.1, 0.15) is 47.3 Å². The van der Waals surface area contributed by atoms with Gasteiger partial charge in [0.05, 0.1) is 17.7 Å². The predicted molar refractivity (Wildman–Crippen MR) is 100 cm³/mol. The van der Waals surface area contributed by atoms with Crippen molar-refractivity contribution in [1.29, 1.82) is 0 Å². The Kier molecular flexibility index (Phi) is 4.74. The molecule has 4 rings (SSSR count). The minimum absolute atomic E-state index is 0.0370. The molecular formula is C21H25N3O2. The van der Waals surface area contributed by atoms with Crippen LogP contribution >= 0.6 is 0 Å². The first-order valence-corrected chi connectivity index (χ1v) is 9.39. The Balaban J connectivity index is 1.71. The van der Waals surface area contributed by atoms with Crippen LogP contribution in [-0.4, -0.2) is 36.7 Å². The number of hydrogen-bond donors (Lipinski definition) is 2. The highest BCUT2D eigenvalue weighted by Gasteiger charge is 2.53. The number of carbonyl (C=O) groups excluding carboxylic acids is 1. The summed E-state index contributed by atoms with van der Waals surface area (Å²) >= 11 is 0. The second kappa shape index (κ2) is 7.17. The van der Waals surface area contributed by atoms with Gasteiger partial charge in [0.15, 0.2) is 0 Å². The molecule has 0 bridgehead atoms. The van der Waals surface area contributed by atoms with Crippen LogP contribution in [-0.2, 0) is 10.2 Å². The summed E-state index contributed by atoms with van der Waals surface area (Å²) in [5.74, 6) is -0.103. The quantitative estimate of drug-likeness (QED) is 0.889. The summed E-state index contributed by atoms with van der Waals surface area (Å²) in [7, 11) is 0. The third-order valence-corrected chi connectivity index (χ3v) is 5.73. The topological polar surface area (TPSA) is 63.2 Å². The van der Waals surface area contributed by atoms with Gasteiger partial charge in [-0.3, -0.25) is 9.78 Å². The van der Waals surface area contributed by atoms with Crippen molar-refractivity contribution in [2.45, 2.75) is 37.3 Å². The van der Waals surface area contributed by atoms with Gasteiger partial charge in [0.1, 0.15) is 0 Å². The van der Waals surface area contributed by atoms with Crippen molar-refractivity contribution >= 4 is 5.91 Å². The number of aromatic nitrogens is 1. The number of amides is 1. The lowest BCUT2D eigenvalue weighted by atomic mass is 9.72. The molecule has 2 N–H and O–H groups in total. The van der Waals surface area contributed by atoms with E-state index in [1.54, 1.807) is 24.5 Å². The predicted octanol–water partition coefficient (Wildman–Crippen LogP) is 2.59. The van der Waals surface area contributed by atoms with E-state index in [1.807, 2.05) is 13.0 Å². The van der Waals surface area contributed by atoms with E-state index >= 15 is 0 Å². The molecular weight excluding hydrogens is 326 g/mol. The van der Waals surface area contributed by atoms with Crippen molar-refractivity contribution in [3.05, 3.63) is 65.5 Å². The van der Waals surface area contributed by atoms with Crippen LogP contribution in [0.15, 0.2) is 48.8 Å². The molecule has 1 aliphatic carbocycles. The fraction of sp³-hybridized carbons (Fsp3) is 0.429. The monoisotopic (exact) mass is 351 g/mol. The molecule has 2 atom stereocenters. The number of nitrogens with zero attached hydrogens (tertiary/aromatic N) is 1. The van der Waals surface area contributed by atoms with Gasteiger partial charge >= 0.3 is 0 Å². The van der Waals surface area contributed by atoms with Crippen LogP contribution < -0.4 is 10.6 Å². The summed E-state index contributed by atoms with van der Waals surface area (Å²) in [4.78, 5) is 16.9. The fourth-order valence-electron chi connectivity index (χ4n) is 4.59. The molecule has 1 aromatic carbocycles. The highest BCUT2D eigenvalue weighted by molar-refractivity contribution is 5.94. The van der Waals surface area contributed by atoms with Crippen LogP contribution in [0.5, 0.6) is 0 Å². The molecule has 0 saturated carbocycles. The van der Waals surface area contributed by atoms with Gasteiger partial charge < -0.3 is 15.4 Å². The number of hydrogen-bond acceptors (Lipinski definition) is 4. The highest BCUT2D eigenvalue weighted by Crippen LogP contribution is 2.51. The van der Waals surface area contributed by atoms with Crippen molar-refractivity contribution < 1.29 is 9.53 Å². The molecule has 2 aliphatic rings. The second-order valence-electron chi connectivity index (χ2n) is 7.06. The van der Waals surface area contributed by atoms with Crippen LogP contribution in [0.2, 0.25) is 0 Å². The number of carbonyl (C=O) groups is 1. The SMILES string of the molecule is CCO[C@@H]1[C@@H](NC(=O)c2cccnc2)c2ccccc2C12CCNCC2. The Morgan fingerprint density at radius 3 is 2.81 bits per heavy atom. The van der Waals surface area contributed by atoms with E-state index < -0.39 is 0 Å². The van der Waals surface area contributed by atoms with E-state index in [4.69, 9.17) is 4.74 Å². The molecule has 0 unspecified atom stereocenters. The van der Waals surface area contributed by atoms with E-state index in [1.165, 1.54) is 11.1 Å². The molecule has 5 nitrogen and oxygen atoms in total. The minimum Gasteiger partial charge on any atom is -0.375 e. The summed E-state index contributed by atoms with van der Waals surface area (Å²) in [5.41, 5.74) is 3.05. The summed E-state index contributed by atoms with van der Waals surface area (Å²) in [6, 6.07) is 11.9. The zero-order chi connectivity index (χ0) is 18.0. The van der Waals surface area contributed by atoms with Gasteiger partial charge in [-0.15, -0.1) is 0 Å². The second-order valence-corrected chi connectivity index (χ2v) is 7.06. The van der Waals surface area contributed by atoms with Gasteiger partial charge in [0.25, 0.3) is 5.91 Å². The average molecular weight is 351 g/mol. The molecule has 1 saturated heterocycles. The first-order chi connectivity index (χ1) is 12.8. The van der Waals surface area contributed by atoms with Crippen LogP contribution in [0.3, 0.4) is 0 Å². The number of fused-ring (bicyclic) bond motifs is 2. The van der Waals surface area contributed by atoms with Gasteiger partial charge in [-0.2, -0.15) is 0 Å². The van der Waals surface area contributed by atoms with Gasteiger partial charge in [0.2, 0.25) is 0 Å². The maximum atomic E-state index is 12.8. The summed E-state index contributed by atoms with van der Waals surface area (Å²) in [5, 5.41) is 6.69. The normalized spacial score (nSPS) is 23.6.